The maximum atomic E-state index is 12.7. The van der Waals surface area contributed by atoms with Gasteiger partial charge in [-0.05, 0) is 37.8 Å². The molecule has 0 spiro atoms. The number of aliphatic carboxylic acids is 2. The summed E-state index contributed by atoms with van der Waals surface area (Å²) in [6.07, 6.45) is 2.06. The number of nitrogens with zero attached hydrogens (tertiary/aromatic N) is 2. The van der Waals surface area contributed by atoms with E-state index in [-0.39, 0.29) is 34.1 Å². The SMILES string of the molecule is COCCN1C(C)=C(C(=O)O)C(CC2CC2)(c2cccc(Cl)c2C#N)C(C(=O)O)=C1C. The fourth-order valence-electron chi connectivity index (χ4n) is 4.79. The Morgan fingerprint density at radius 2 is 1.81 bits per heavy atom. The molecule has 1 saturated carbocycles. The van der Waals surface area contributed by atoms with Crippen molar-refractivity contribution in [3.05, 3.63) is 56.9 Å². The van der Waals surface area contributed by atoms with Crippen LogP contribution in [0.15, 0.2) is 40.7 Å². The number of carboxylic acids is 2. The van der Waals surface area contributed by atoms with Gasteiger partial charge in [-0.2, -0.15) is 5.26 Å². The first-order chi connectivity index (χ1) is 14.7. The normalized spacial score (nSPS) is 18.2. The third-order valence-electron chi connectivity index (χ3n) is 6.21. The Hall–Kier alpha value is -2.82. The lowest BCUT2D eigenvalue weighted by atomic mass is 9.61. The van der Waals surface area contributed by atoms with Crippen molar-refractivity contribution in [2.24, 2.45) is 5.92 Å². The average Bonchev–Trinajstić information content (AvgIpc) is 3.50. The lowest BCUT2D eigenvalue weighted by Gasteiger charge is -2.45. The van der Waals surface area contributed by atoms with Gasteiger partial charge in [0.2, 0.25) is 0 Å². The highest BCUT2D eigenvalue weighted by Crippen LogP contribution is 2.55. The van der Waals surface area contributed by atoms with E-state index in [4.69, 9.17) is 16.3 Å². The predicted molar refractivity (Wildman–Crippen MR) is 114 cm³/mol. The molecule has 2 aliphatic rings. The van der Waals surface area contributed by atoms with E-state index in [0.717, 1.165) is 12.8 Å². The van der Waals surface area contributed by atoms with Crippen molar-refractivity contribution in [3.8, 4) is 6.07 Å². The van der Waals surface area contributed by atoms with Gasteiger partial charge < -0.3 is 19.8 Å². The van der Waals surface area contributed by atoms with E-state index >= 15 is 0 Å². The molecule has 8 heteroatoms. The van der Waals surface area contributed by atoms with Gasteiger partial charge in [-0.3, -0.25) is 0 Å². The molecule has 31 heavy (non-hydrogen) atoms. The zero-order valence-electron chi connectivity index (χ0n) is 17.7. The summed E-state index contributed by atoms with van der Waals surface area (Å²) < 4.78 is 5.15. The van der Waals surface area contributed by atoms with Crippen LogP contribution in [0.25, 0.3) is 0 Å². The van der Waals surface area contributed by atoms with Gasteiger partial charge in [-0.15, -0.1) is 0 Å². The fourth-order valence-corrected chi connectivity index (χ4v) is 5.01. The van der Waals surface area contributed by atoms with Gasteiger partial charge in [-0.1, -0.05) is 36.6 Å². The van der Waals surface area contributed by atoms with Gasteiger partial charge in [0, 0.05) is 25.0 Å². The van der Waals surface area contributed by atoms with Crippen LogP contribution in [0.5, 0.6) is 0 Å². The smallest absolute Gasteiger partial charge is 0.334 e. The second-order valence-corrected chi connectivity index (χ2v) is 8.41. The number of halogens is 1. The van der Waals surface area contributed by atoms with Gasteiger partial charge in [0.05, 0.1) is 33.8 Å². The highest BCUT2D eigenvalue weighted by Gasteiger charge is 2.54. The summed E-state index contributed by atoms with van der Waals surface area (Å²) in [5, 5.41) is 30.7. The molecule has 1 aliphatic carbocycles. The van der Waals surface area contributed by atoms with Crippen LogP contribution in [-0.2, 0) is 19.7 Å². The van der Waals surface area contributed by atoms with Gasteiger partial charge in [0.15, 0.2) is 0 Å². The third-order valence-corrected chi connectivity index (χ3v) is 6.53. The molecule has 1 fully saturated rings. The number of carboxylic acid groups (broad SMARTS) is 2. The van der Waals surface area contributed by atoms with E-state index in [1.165, 1.54) is 7.11 Å². The minimum atomic E-state index is -1.49. The number of rotatable bonds is 8. The molecule has 1 aliphatic heterocycles. The topological polar surface area (TPSA) is 111 Å². The first-order valence-electron chi connectivity index (χ1n) is 10.1. The second-order valence-electron chi connectivity index (χ2n) is 8.00. The van der Waals surface area contributed by atoms with Crippen molar-refractivity contribution in [2.75, 3.05) is 20.3 Å². The number of nitriles is 1. The number of ether oxygens (including phenoxy) is 1. The molecule has 0 atom stereocenters. The molecule has 2 N–H and O–H groups in total. The Balaban J connectivity index is 2.45. The molecule has 0 radical (unpaired) electrons. The van der Waals surface area contributed by atoms with Crippen LogP contribution in [0.4, 0.5) is 0 Å². The van der Waals surface area contributed by atoms with Crippen molar-refractivity contribution in [1.82, 2.24) is 4.90 Å². The maximum Gasteiger partial charge on any atom is 0.334 e. The van der Waals surface area contributed by atoms with Crippen LogP contribution < -0.4 is 0 Å². The van der Waals surface area contributed by atoms with Crippen molar-refractivity contribution in [2.45, 2.75) is 38.5 Å². The number of allylic oxidation sites excluding steroid dienone is 2. The lowest BCUT2D eigenvalue weighted by molar-refractivity contribution is -0.134. The van der Waals surface area contributed by atoms with Gasteiger partial charge in [0.1, 0.15) is 6.07 Å². The summed E-state index contributed by atoms with van der Waals surface area (Å²) in [5.41, 5.74) is -0.239. The molecule has 0 amide bonds. The molecule has 1 heterocycles. The molecule has 0 aromatic heterocycles. The third kappa shape index (κ3) is 3.82. The Bertz CT molecular complexity index is 995. The number of hydrogen-bond acceptors (Lipinski definition) is 5. The Morgan fingerprint density at radius 1 is 1.23 bits per heavy atom. The maximum absolute atomic E-state index is 12.7. The van der Waals surface area contributed by atoms with Crippen LogP contribution in [0.2, 0.25) is 5.02 Å². The molecule has 3 rings (SSSR count). The van der Waals surface area contributed by atoms with Crippen LogP contribution in [0.3, 0.4) is 0 Å². The van der Waals surface area contributed by atoms with Crippen LogP contribution in [0, 0.1) is 17.2 Å². The largest absolute Gasteiger partial charge is 0.478 e. The van der Waals surface area contributed by atoms with Gasteiger partial charge in [-0.25, -0.2) is 9.59 Å². The van der Waals surface area contributed by atoms with Gasteiger partial charge >= 0.3 is 11.9 Å². The first-order valence-corrected chi connectivity index (χ1v) is 10.4. The minimum Gasteiger partial charge on any atom is -0.478 e. The molecule has 1 aromatic carbocycles. The van der Waals surface area contributed by atoms with Crippen molar-refractivity contribution in [1.29, 1.82) is 5.26 Å². The number of carbonyl (C=O) groups is 2. The molecular weight excluding hydrogens is 420 g/mol. The molecule has 7 nitrogen and oxygen atoms in total. The Morgan fingerprint density at radius 3 is 2.26 bits per heavy atom. The molecule has 0 bridgehead atoms. The second kappa shape index (κ2) is 8.74. The Kier molecular flexibility index (Phi) is 6.44. The minimum absolute atomic E-state index is 0.0303. The zero-order chi connectivity index (χ0) is 22.9. The molecule has 0 unspecified atom stereocenters. The van der Waals surface area contributed by atoms with E-state index in [2.05, 4.69) is 6.07 Å². The van der Waals surface area contributed by atoms with Gasteiger partial charge in [0.25, 0.3) is 0 Å². The number of hydrogen-bond donors (Lipinski definition) is 2. The predicted octanol–water partition coefficient (Wildman–Crippen LogP) is 3.93. The summed E-state index contributed by atoms with van der Waals surface area (Å²) in [5.74, 6) is -2.26. The van der Waals surface area contributed by atoms with Crippen LogP contribution in [0.1, 0.15) is 44.2 Å². The van der Waals surface area contributed by atoms with Crippen molar-refractivity contribution < 1.29 is 24.5 Å². The highest BCUT2D eigenvalue weighted by atomic mass is 35.5. The van der Waals surface area contributed by atoms with Crippen LogP contribution in [-0.4, -0.2) is 47.3 Å². The summed E-state index contributed by atoms with van der Waals surface area (Å²) in [7, 11) is 1.53. The summed E-state index contributed by atoms with van der Waals surface area (Å²) in [6, 6.07) is 6.89. The molecule has 1 aromatic rings. The van der Waals surface area contributed by atoms with Crippen LogP contribution >= 0.6 is 11.6 Å². The standard InChI is InChI=1S/C23H25ClN2O5/c1-13-19(21(27)28)23(11-15-7-8-15,17-5-4-6-18(24)16(17)12-25)20(22(29)30)14(2)26(13)9-10-31-3/h4-6,15H,7-11H2,1-3H3,(H,27,28)(H,29,30). The monoisotopic (exact) mass is 444 g/mol. The molecule has 0 saturated heterocycles. The zero-order valence-corrected chi connectivity index (χ0v) is 18.5. The summed E-state index contributed by atoms with van der Waals surface area (Å²) in [4.78, 5) is 27.1. The number of benzene rings is 1. The number of methoxy groups -OCH3 is 1. The summed E-state index contributed by atoms with van der Waals surface area (Å²) in [6.45, 7) is 3.96. The Labute approximate surface area is 186 Å². The van der Waals surface area contributed by atoms with E-state index in [1.807, 2.05) is 0 Å². The van der Waals surface area contributed by atoms with E-state index in [0.29, 0.717) is 30.1 Å². The van der Waals surface area contributed by atoms with E-state index < -0.39 is 17.4 Å². The van der Waals surface area contributed by atoms with Crippen molar-refractivity contribution >= 4 is 23.5 Å². The van der Waals surface area contributed by atoms with Crippen molar-refractivity contribution in [3.63, 3.8) is 0 Å². The van der Waals surface area contributed by atoms with E-state index in [1.54, 1.807) is 36.9 Å². The first kappa shape index (κ1) is 22.9. The molecular formula is C23H25ClN2O5. The average molecular weight is 445 g/mol. The highest BCUT2D eigenvalue weighted by molar-refractivity contribution is 6.31. The molecule has 164 valence electrons. The quantitative estimate of drug-likeness (QED) is 0.624. The fraction of sp³-hybridized carbons (Fsp3) is 0.435. The summed E-state index contributed by atoms with van der Waals surface area (Å²) >= 11 is 6.31. The lowest BCUT2D eigenvalue weighted by Crippen LogP contribution is -2.47. The van der Waals surface area contributed by atoms with E-state index in [9.17, 15) is 25.1 Å².